The van der Waals surface area contributed by atoms with Gasteiger partial charge in [-0.2, -0.15) is 15.1 Å². The second-order valence-electron chi connectivity index (χ2n) is 3.31. The van der Waals surface area contributed by atoms with Crippen molar-refractivity contribution in [3.63, 3.8) is 0 Å². The van der Waals surface area contributed by atoms with Gasteiger partial charge in [0.05, 0.1) is 24.3 Å². The second kappa shape index (κ2) is 4.02. The molecule has 0 aliphatic carbocycles. The summed E-state index contributed by atoms with van der Waals surface area (Å²) in [4.78, 5) is 8.10. The number of hydrogen-bond donors (Lipinski definition) is 2. The summed E-state index contributed by atoms with van der Waals surface area (Å²) >= 11 is 5.80. The van der Waals surface area contributed by atoms with E-state index in [0.717, 1.165) is 5.39 Å². The minimum atomic E-state index is 0.154. The molecule has 7 nitrogen and oxygen atoms in total. The number of halogens is 1. The molecule has 86 valence electrons. The Morgan fingerprint density at radius 2 is 2.35 bits per heavy atom. The topological polar surface area (TPSA) is 92.5 Å². The van der Waals surface area contributed by atoms with Gasteiger partial charge in [0, 0.05) is 6.07 Å². The molecule has 17 heavy (non-hydrogen) atoms. The van der Waals surface area contributed by atoms with Crippen molar-refractivity contribution >= 4 is 28.5 Å². The van der Waals surface area contributed by atoms with E-state index in [1.165, 1.54) is 0 Å². The van der Waals surface area contributed by atoms with Gasteiger partial charge < -0.3 is 9.84 Å². The number of rotatable bonds is 3. The number of aromatic amines is 1. The summed E-state index contributed by atoms with van der Waals surface area (Å²) in [6.07, 6.45) is 3.21. The van der Waals surface area contributed by atoms with Crippen molar-refractivity contribution < 1.29 is 4.52 Å². The quantitative estimate of drug-likeness (QED) is 0.686. The van der Waals surface area contributed by atoms with Gasteiger partial charge in [-0.05, 0) is 11.6 Å². The van der Waals surface area contributed by atoms with Crippen molar-refractivity contribution in [3.05, 3.63) is 29.5 Å². The highest BCUT2D eigenvalue weighted by Gasteiger charge is 2.08. The molecule has 3 aromatic heterocycles. The standard InChI is InChI=1S/C9H7ClN6O/c10-9-14-7(6-4-12-16-8(6)15-9)11-3-5-1-2-13-17-5/h1-2,4H,3H2,(H2,11,12,14,15,16). The van der Waals surface area contributed by atoms with Gasteiger partial charge in [-0.1, -0.05) is 5.16 Å². The van der Waals surface area contributed by atoms with E-state index in [2.05, 4.69) is 30.6 Å². The molecule has 3 rings (SSSR count). The normalized spacial score (nSPS) is 10.9. The van der Waals surface area contributed by atoms with E-state index >= 15 is 0 Å². The summed E-state index contributed by atoms with van der Waals surface area (Å²) in [7, 11) is 0. The molecule has 0 aromatic carbocycles. The van der Waals surface area contributed by atoms with Crippen LogP contribution in [0.2, 0.25) is 5.28 Å². The summed E-state index contributed by atoms with van der Waals surface area (Å²) in [6, 6.07) is 1.77. The molecule has 0 amide bonds. The molecule has 0 aliphatic rings. The van der Waals surface area contributed by atoms with Gasteiger partial charge in [0.25, 0.3) is 0 Å². The lowest BCUT2D eigenvalue weighted by atomic mass is 10.4. The van der Waals surface area contributed by atoms with Crippen LogP contribution in [-0.4, -0.2) is 25.3 Å². The number of anilines is 1. The third kappa shape index (κ3) is 1.92. The predicted octanol–water partition coefficient (Wildman–Crippen LogP) is 1.61. The Bertz CT molecular complexity index is 634. The fourth-order valence-corrected chi connectivity index (χ4v) is 1.62. The highest BCUT2D eigenvalue weighted by Crippen LogP contribution is 2.20. The number of H-pyrrole nitrogens is 1. The third-order valence-corrected chi connectivity index (χ3v) is 2.37. The van der Waals surface area contributed by atoms with Gasteiger partial charge >= 0.3 is 0 Å². The molecule has 0 spiro atoms. The molecular formula is C9H7ClN6O. The van der Waals surface area contributed by atoms with E-state index in [9.17, 15) is 0 Å². The molecule has 8 heteroatoms. The maximum atomic E-state index is 5.80. The summed E-state index contributed by atoms with van der Waals surface area (Å²) in [5, 5.41) is 14.2. The lowest BCUT2D eigenvalue weighted by molar-refractivity contribution is 0.388. The van der Waals surface area contributed by atoms with Crippen molar-refractivity contribution in [1.29, 1.82) is 0 Å². The number of fused-ring (bicyclic) bond motifs is 1. The highest BCUT2D eigenvalue weighted by atomic mass is 35.5. The van der Waals surface area contributed by atoms with Gasteiger partial charge in [-0.15, -0.1) is 0 Å². The number of aromatic nitrogens is 5. The zero-order chi connectivity index (χ0) is 11.7. The molecule has 0 aliphatic heterocycles. The minimum absolute atomic E-state index is 0.154. The molecule has 0 saturated heterocycles. The third-order valence-electron chi connectivity index (χ3n) is 2.20. The molecule has 0 fully saturated rings. The average molecular weight is 251 g/mol. The smallest absolute Gasteiger partial charge is 0.226 e. The van der Waals surface area contributed by atoms with Crippen LogP contribution in [-0.2, 0) is 6.54 Å². The summed E-state index contributed by atoms with van der Waals surface area (Å²) in [5.74, 6) is 1.31. The Kier molecular flexibility index (Phi) is 2.37. The van der Waals surface area contributed by atoms with Gasteiger partial charge in [0.1, 0.15) is 5.82 Å². The summed E-state index contributed by atoms with van der Waals surface area (Å²) in [6.45, 7) is 0.466. The first-order chi connectivity index (χ1) is 8.33. The summed E-state index contributed by atoms with van der Waals surface area (Å²) < 4.78 is 4.97. The molecule has 2 N–H and O–H groups in total. The van der Waals surface area contributed by atoms with E-state index in [4.69, 9.17) is 16.1 Å². The Morgan fingerprint density at radius 3 is 3.18 bits per heavy atom. The van der Waals surface area contributed by atoms with E-state index < -0.39 is 0 Å². The van der Waals surface area contributed by atoms with Crippen LogP contribution in [0.15, 0.2) is 23.0 Å². The first kappa shape index (κ1) is 10.0. The van der Waals surface area contributed by atoms with Crippen LogP contribution in [0.3, 0.4) is 0 Å². The fraction of sp³-hybridized carbons (Fsp3) is 0.111. The Balaban J connectivity index is 1.91. The van der Waals surface area contributed by atoms with Crippen molar-refractivity contribution in [2.24, 2.45) is 0 Å². The van der Waals surface area contributed by atoms with E-state index in [-0.39, 0.29) is 5.28 Å². The van der Waals surface area contributed by atoms with Crippen LogP contribution in [0, 0.1) is 0 Å². The van der Waals surface area contributed by atoms with Crippen LogP contribution < -0.4 is 5.32 Å². The molecule has 0 saturated carbocycles. The molecule has 0 bridgehead atoms. The van der Waals surface area contributed by atoms with Crippen LogP contribution in [0.25, 0.3) is 11.0 Å². The Labute approximate surface area is 100 Å². The van der Waals surface area contributed by atoms with Gasteiger partial charge in [0.15, 0.2) is 11.4 Å². The molecule has 0 unspecified atom stereocenters. The fourth-order valence-electron chi connectivity index (χ4n) is 1.45. The maximum Gasteiger partial charge on any atom is 0.226 e. The van der Waals surface area contributed by atoms with Crippen molar-refractivity contribution in [2.45, 2.75) is 6.54 Å². The molecule has 3 aromatic rings. The van der Waals surface area contributed by atoms with Crippen LogP contribution in [0.1, 0.15) is 5.76 Å². The Morgan fingerprint density at radius 1 is 1.41 bits per heavy atom. The lowest BCUT2D eigenvalue weighted by Crippen LogP contribution is -2.01. The maximum absolute atomic E-state index is 5.80. The minimum Gasteiger partial charge on any atom is -0.362 e. The number of hydrogen-bond acceptors (Lipinski definition) is 6. The first-order valence-corrected chi connectivity index (χ1v) is 5.21. The summed E-state index contributed by atoms with van der Waals surface area (Å²) in [5.41, 5.74) is 0.588. The van der Waals surface area contributed by atoms with Crippen LogP contribution >= 0.6 is 11.6 Å². The van der Waals surface area contributed by atoms with E-state index in [1.807, 2.05) is 0 Å². The zero-order valence-corrected chi connectivity index (χ0v) is 9.27. The lowest BCUT2D eigenvalue weighted by Gasteiger charge is -2.03. The van der Waals surface area contributed by atoms with Crippen molar-refractivity contribution in [2.75, 3.05) is 5.32 Å². The van der Waals surface area contributed by atoms with Gasteiger partial charge in [-0.3, -0.25) is 5.10 Å². The molecule has 0 atom stereocenters. The van der Waals surface area contributed by atoms with Crippen molar-refractivity contribution in [1.82, 2.24) is 25.3 Å². The van der Waals surface area contributed by atoms with E-state index in [0.29, 0.717) is 23.8 Å². The average Bonchev–Trinajstić information content (AvgIpc) is 2.95. The zero-order valence-electron chi connectivity index (χ0n) is 8.51. The van der Waals surface area contributed by atoms with Crippen LogP contribution in [0.5, 0.6) is 0 Å². The SMILES string of the molecule is Clc1nc(NCc2ccno2)c2cn[nH]c2n1. The van der Waals surface area contributed by atoms with Crippen molar-refractivity contribution in [3.8, 4) is 0 Å². The monoisotopic (exact) mass is 250 g/mol. The molecule has 3 heterocycles. The van der Waals surface area contributed by atoms with Gasteiger partial charge in [-0.25, -0.2) is 0 Å². The Hall–Kier alpha value is -2.15. The number of nitrogens with zero attached hydrogens (tertiary/aromatic N) is 4. The predicted molar refractivity (Wildman–Crippen MR) is 60.5 cm³/mol. The van der Waals surface area contributed by atoms with Crippen LogP contribution in [0.4, 0.5) is 5.82 Å². The first-order valence-electron chi connectivity index (χ1n) is 4.83. The molecular weight excluding hydrogens is 244 g/mol. The highest BCUT2D eigenvalue weighted by molar-refractivity contribution is 6.28. The van der Waals surface area contributed by atoms with Gasteiger partial charge in [0.2, 0.25) is 5.28 Å². The second-order valence-corrected chi connectivity index (χ2v) is 3.64. The molecule has 0 radical (unpaired) electrons. The number of nitrogens with one attached hydrogen (secondary N) is 2. The largest absolute Gasteiger partial charge is 0.362 e. The van der Waals surface area contributed by atoms with E-state index in [1.54, 1.807) is 18.5 Å².